The molecule has 0 aromatic heterocycles. The molecule has 2 aliphatic carbocycles. The third-order valence-corrected chi connectivity index (χ3v) is 7.53. The van der Waals surface area contributed by atoms with E-state index < -0.39 is 35.7 Å². The summed E-state index contributed by atoms with van der Waals surface area (Å²) < 4.78 is 11.2. The van der Waals surface area contributed by atoms with E-state index in [1.54, 1.807) is 0 Å². The van der Waals surface area contributed by atoms with Gasteiger partial charge in [0, 0.05) is 19.6 Å². The van der Waals surface area contributed by atoms with Crippen LogP contribution >= 0.6 is 0 Å². The number of benzene rings is 2. The maximum atomic E-state index is 13.1. The van der Waals surface area contributed by atoms with Crippen LogP contribution in [0.5, 0.6) is 0 Å². The van der Waals surface area contributed by atoms with Gasteiger partial charge in [0.05, 0.1) is 6.04 Å². The Balaban J connectivity index is 1.23. The van der Waals surface area contributed by atoms with E-state index in [0.29, 0.717) is 25.9 Å². The van der Waals surface area contributed by atoms with E-state index in [4.69, 9.17) is 9.47 Å². The van der Waals surface area contributed by atoms with Crippen LogP contribution in [0, 0.1) is 0 Å². The summed E-state index contributed by atoms with van der Waals surface area (Å²) in [6.45, 7) is 0.479. The van der Waals surface area contributed by atoms with E-state index in [1.807, 2.05) is 24.3 Å². The van der Waals surface area contributed by atoms with E-state index in [-0.39, 0.29) is 12.5 Å². The molecule has 1 saturated carbocycles. The van der Waals surface area contributed by atoms with Crippen molar-refractivity contribution >= 4 is 18.0 Å². The number of aliphatic carboxylic acids is 1. The van der Waals surface area contributed by atoms with E-state index >= 15 is 0 Å². The highest BCUT2D eigenvalue weighted by molar-refractivity contribution is 5.90. The number of hydrogen-bond donors (Lipinski definition) is 2. The summed E-state index contributed by atoms with van der Waals surface area (Å²) in [5.41, 5.74) is 3.35. The standard InChI is InChI=1S/C26H28N2O6/c1-28(26(24(30)31)12-6-13-26)23(29)22-21(11-14-33-22)27-25(32)34-15-20-18-9-4-2-7-16(18)17-8-3-5-10-19(17)20/h2-5,7-10,20-22H,6,11-15H2,1H3,(H,27,32)(H,30,31). The smallest absolute Gasteiger partial charge is 0.407 e. The maximum absolute atomic E-state index is 13.1. The lowest BCUT2D eigenvalue weighted by Crippen LogP contribution is -2.63. The molecule has 2 amide bonds. The number of carbonyl (C=O) groups is 3. The highest BCUT2D eigenvalue weighted by Crippen LogP contribution is 2.44. The zero-order valence-electron chi connectivity index (χ0n) is 19.0. The fraction of sp³-hybridized carbons (Fsp3) is 0.423. The maximum Gasteiger partial charge on any atom is 0.407 e. The SMILES string of the molecule is CN(C(=O)C1OCCC1NC(=O)OCC1c2ccccc2-c2ccccc21)C1(C(=O)O)CCC1. The van der Waals surface area contributed by atoms with Crippen LogP contribution in [0.25, 0.3) is 11.1 Å². The van der Waals surface area contributed by atoms with Gasteiger partial charge in [0.25, 0.3) is 5.91 Å². The fourth-order valence-corrected chi connectivity index (χ4v) is 5.38. The van der Waals surface area contributed by atoms with Crippen molar-refractivity contribution in [3.8, 4) is 11.1 Å². The zero-order chi connectivity index (χ0) is 23.9. The van der Waals surface area contributed by atoms with Crippen molar-refractivity contribution < 1.29 is 29.0 Å². The fourth-order valence-electron chi connectivity index (χ4n) is 5.38. The monoisotopic (exact) mass is 464 g/mol. The first kappa shape index (κ1) is 22.4. The van der Waals surface area contributed by atoms with Gasteiger partial charge in [-0.2, -0.15) is 0 Å². The number of nitrogens with zero attached hydrogens (tertiary/aromatic N) is 1. The lowest BCUT2D eigenvalue weighted by molar-refractivity contribution is -0.168. The minimum atomic E-state index is -1.18. The van der Waals surface area contributed by atoms with Crippen LogP contribution in [-0.4, -0.2) is 65.9 Å². The van der Waals surface area contributed by atoms with Crippen LogP contribution in [0.4, 0.5) is 4.79 Å². The number of nitrogens with one attached hydrogen (secondary N) is 1. The van der Waals surface area contributed by atoms with Crippen molar-refractivity contribution in [1.29, 1.82) is 0 Å². The number of likely N-dealkylation sites (N-methyl/N-ethyl adjacent to an activating group) is 1. The Labute approximate surface area is 197 Å². The summed E-state index contributed by atoms with van der Waals surface area (Å²) in [5, 5.41) is 12.4. The molecule has 0 spiro atoms. The number of amides is 2. The van der Waals surface area contributed by atoms with Crippen LogP contribution in [-0.2, 0) is 19.1 Å². The molecular formula is C26H28N2O6. The molecule has 3 aliphatic rings. The van der Waals surface area contributed by atoms with Crippen molar-refractivity contribution in [2.45, 2.75) is 49.3 Å². The van der Waals surface area contributed by atoms with Crippen molar-refractivity contribution in [1.82, 2.24) is 10.2 Å². The summed E-state index contributed by atoms with van der Waals surface area (Å²) in [4.78, 5) is 38.8. The van der Waals surface area contributed by atoms with Crippen molar-refractivity contribution in [2.75, 3.05) is 20.3 Å². The van der Waals surface area contributed by atoms with Crippen molar-refractivity contribution in [3.63, 3.8) is 0 Å². The molecule has 1 aliphatic heterocycles. The number of alkyl carbamates (subject to hydrolysis) is 1. The van der Waals surface area contributed by atoms with Crippen LogP contribution in [0.3, 0.4) is 0 Å². The van der Waals surface area contributed by atoms with Gasteiger partial charge in [-0.15, -0.1) is 0 Å². The van der Waals surface area contributed by atoms with Crippen LogP contribution in [0.1, 0.15) is 42.7 Å². The molecule has 8 nitrogen and oxygen atoms in total. The average Bonchev–Trinajstić information content (AvgIpc) is 3.38. The normalized spacial score (nSPS) is 22.3. The van der Waals surface area contributed by atoms with E-state index in [1.165, 1.54) is 11.9 Å². The van der Waals surface area contributed by atoms with Gasteiger partial charge in [0.1, 0.15) is 12.1 Å². The highest BCUT2D eigenvalue weighted by atomic mass is 16.6. The lowest BCUT2D eigenvalue weighted by Gasteiger charge is -2.45. The zero-order valence-corrected chi connectivity index (χ0v) is 19.0. The molecule has 2 atom stereocenters. The van der Waals surface area contributed by atoms with E-state index in [2.05, 4.69) is 29.6 Å². The molecule has 5 rings (SSSR count). The Morgan fingerprint density at radius 3 is 2.26 bits per heavy atom. The second kappa shape index (κ2) is 8.76. The third-order valence-electron chi connectivity index (χ3n) is 7.53. The van der Waals surface area contributed by atoms with Gasteiger partial charge in [0.2, 0.25) is 0 Å². The quantitative estimate of drug-likeness (QED) is 0.681. The summed E-state index contributed by atoms with van der Waals surface area (Å²) in [6, 6.07) is 15.6. The van der Waals surface area contributed by atoms with Crippen LogP contribution in [0.15, 0.2) is 48.5 Å². The molecule has 2 N–H and O–H groups in total. The van der Waals surface area contributed by atoms with Gasteiger partial charge in [-0.3, -0.25) is 4.79 Å². The first-order chi connectivity index (χ1) is 16.4. The summed E-state index contributed by atoms with van der Waals surface area (Å²) in [7, 11) is 1.50. The Kier molecular flexibility index (Phi) is 5.77. The molecule has 8 heteroatoms. The molecule has 0 radical (unpaired) electrons. The molecule has 34 heavy (non-hydrogen) atoms. The van der Waals surface area contributed by atoms with E-state index in [0.717, 1.165) is 28.7 Å². The largest absolute Gasteiger partial charge is 0.479 e. The number of carbonyl (C=O) groups excluding carboxylic acids is 2. The number of carboxylic acid groups (broad SMARTS) is 1. The van der Waals surface area contributed by atoms with Gasteiger partial charge < -0.3 is 24.8 Å². The summed E-state index contributed by atoms with van der Waals surface area (Å²) in [6.07, 6.45) is 0.506. The molecule has 178 valence electrons. The van der Waals surface area contributed by atoms with Gasteiger partial charge in [-0.05, 0) is 47.9 Å². The van der Waals surface area contributed by atoms with Crippen molar-refractivity contribution in [2.24, 2.45) is 0 Å². The predicted molar refractivity (Wildman–Crippen MR) is 123 cm³/mol. The van der Waals surface area contributed by atoms with Crippen LogP contribution < -0.4 is 5.32 Å². The summed E-state index contributed by atoms with van der Waals surface area (Å²) in [5.74, 6) is -1.49. The summed E-state index contributed by atoms with van der Waals surface area (Å²) >= 11 is 0. The van der Waals surface area contributed by atoms with Gasteiger partial charge in [0.15, 0.2) is 6.10 Å². The molecule has 2 aromatic rings. The first-order valence-electron chi connectivity index (χ1n) is 11.7. The second-order valence-electron chi connectivity index (χ2n) is 9.24. The number of ether oxygens (including phenoxy) is 2. The number of fused-ring (bicyclic) bond motifs is 3. The molecule has 2 fully saturated rings. The first-order valence-corrected chi connectivity index (χ1v) is 11.7. The lowest BCUT2D eigenvalue weighted by atomic mass is 9.75. The number of rotatable bonds is 6. The molecular weight excluding hydrogens is 436 g/mol. The minimum absolute atomic E-state index is 0.0596. The van der Waals surface area contributed by atoms with Crippen molar-refractivity contribution in [3.05, 3.63) is 59.7 Å². The molecule has 2 aromatic carbocycles. The molecule has 0 bridgehead atoms. The molecule has 2 unspecified atom stereocenters. The topological polar surface area (TPSA) is 105 Å². The van der Waals surface area contributed by atoms with Gasteiger partial charge in [-0.25, -0.2) is 9.59 Å². The molecule has 1 saturated heterocycles. The van der Waals surface area contributed by atoms with Gasteiger partial charge >= 0.3 is 12.1 Å². The van der Waals surface area contributed by atoms with Crippen LogP contribution in [0.2, 0.25) is 0 Å². The number of carboxylic acids is 1. The molecule has 1 heterocycles. The Bertz CT molecular complexity index is 1080. The number of hydrogen-bond acceptors (Lipinski definition) is 5. The minimum Gasteiger partial charge on any atom is -0.479 e. The predicted octanol–water partition coefficient (Wildman–Crippen LogP) is 3.15. The van der Waals surface area contributed by atoms with E-state index in [9.17, 15) is 19.5 Å². The Morgan fingerprint density at radius 1 is 1.09 bits per heavy atom. The highest BCUT2D eigenvalue weighted by Gasteiger charge is 2.52. The third kappa shape index (κ3) is 3.62. The average molecular weight is 465 g/mol. The van der Waals surface area contributed by atoms with Gasteiger partial charge in [-0.1, -0.05) is 48.5 Å². The Morgan fingerprint density at radius 2 is 1.71 bits per heavy atom. The second-order valence-corrected chi connectivity index (χ2v) is 9.24. The Hall–Kier alpha value is -3.39.